The first-order valence-corrected chi connectivity index (χ1v) is 14.2. The van der Waals surface area contributed by atoms with Gasteiger partial charge in [-0.1, -0.05) is 43.3 Å². The molecule has 9 heteroatoms. The lowest BCUT2D eigenvalue weighted by atomic mass is 10.1. The van der Waals surface area contributed by atoms with Crippen molar-refractivity contribution < 1.29 is 8.42 Å². The smallest absolute Gasteiger partial charge is 0.199 e. The van der Waals surface area contributed by atoms with Gasteiger partial charge in [0, 0.05) is 23.9 Å². The molecule has 0 spiro atoms. The number of thiophene rings is 1. The highest BCUT2D eigenvalue weighted by Gasteiger charge is 2.32. The molecular weight excluding hydrogens is 460 g/mol. The summed E-state index contributed by atoms with van der Waals surface area (Å²) in [6, 6.07) is 14.6. The second-order valence-electron chi connectivity index (χ2n) is 8.35. The van der Waals surface area contributed by atoms with Crippen molar-refractivity contribution in [3.63, 3.8) is 0 Å². The zero-order valence-electron chi connectivity index (χ0n) is 18.4. The highest BCUT2D eigenvalue weighted by molar-refractivity contribution is 7.91. The lowest BCUT2D eigenvalue weighted by molar-refractivity contribution is 0.155. The van der Waals surface area contributed by atoms with Crippen molar-refractivity contribution in [2.75, 3.05) is 18.1 Å². The average molecular weight is 491 g/mol. The maximum absolute atomic E-state index is 12.1. The minimum absolute atomic E-state index is 0.0389. The number of benzene rings is 1. The summed E-state index contributed by atoms with van der Waals surface area (Å²) in [4.78, 5) is 3.49. The van der Waals surface area contributed by atoms with Gasteiger partial charge in [0.25, 0.3) is 0 Å². The number of hydrogen-bond donors (Lipinski definition) is 0. The lowest BCUT2D eigenvalue weighted by Crippen LogP contribution is -2.38. The molecule has 1 aliphatic rings. The van der Waals surface area contributed by atoms with Gasteiger partial charge < -0.3 is 4.57 Å². The van der Waals surface area contributed by atoms with Crippen molar-refractivity contribution in [3.05, 3.63) is 68.9 Å². The Morgan fingerprint density at radius 3 is 2.69 bits per heavy atom. The van der Waals surface area contributed by atoms with Crippen molar-refractivity contribution in [1.29, 1.82) is 0 Å². The van der Waals surface area contributed by atoms with E-state index in [-0.39, 0.29) is 17.5 Å². The van der Waals surface area contributed by atoms with Gasteiger partial charge in [0.15, 0.2) is 14.6 Å². The molecular formula is C23H30N4O2S3. The van der Waals surface area contributed by atoms with Crippen LogP contribution in [0.4, 0.5) is 0 Å². The van der Waals surface area contributed by atoms with Gasteiger partial charge in [0.2, 0.25) is 0 Å². The van der Waals surface area contributed by atoms with Crippen LogP contribution in [0, 0.1) is 4.77 Å². The topological polar surface area (TPSA) is 60.1 Å². The normalized spacial score (nSPS) is 17.9. The van der Waals surface area contributed by atoms with E-state index in [0.717, 1.165) is 38.2 Å². The molecule has 3 heterocycles. The Hall–Kier alpha value is -1.81. The molecule has 3 aromatic rings. The van der Waals surface area contributed by atoms with Gasteiger partial charge in [-0.05, 0) is 55.0 Å². The average Bonchev–Trinajstić information content (AvgIpc) is 3.48. The first kappa shape index (κ1) is 23.4. The van der Waals surface area contributed by atoms with Crippen molar-refractivity contribution in [1.82, 2.24) is 19.2 Å². The summed E-state index contributed by atoms with van der Waals surface area (Å²) in [5.41, 5.74) is 1.27. The molecule has 0 amide bonds. The van der Waals surface area contributed by atoms with Crippen molar-refractivity contribution >= 4 is 33.4 Å². The molecule has 1 aromatic carbocycles. The Morgan fingerprint density at radius 1 is 1.22 bits per heavy atom. The molecule has 0 radical (unpaired) electrons. The fourth-order valence-electron chi connectivity index (χ4n) is 4.28. The summed E-state index contributed by atoms with van der Waals surface area (Å²) in [5.74, 6) is 1.47. The third kappa shape index (κ3) is 5.75. The third-order valence-electron chi connectivity index (χ3n) is 5.93. The van der Waals surface area contributed by atoms with Gasteiger partial charge >= 0.3 is 0 Å². The first-order chi connectivity index (χ1) is 15.4. The fourth-order valence-corrected chi connectivity index (χ4v) is 7.04. The lowest BCUT2D eigenvalue weighted by Gasteiger charge is -2.27. The molecule has 2 aromatic heterocycles. The molecule has 32 heavy (non-hydrogen) atoms. The highest BCUT2D eigenvalue weighted by Crippen LogP contribution is 2.20. The Balaban J connectivity index is 1.59. The Labute approximate surface area is 199 Å². The molecule has 1 unspecified atom stereocenters. The standard InChI is InChI=1S/C23H30N4O2S3/c1-2-12-25(20-11-15-32(28,29)17-20)18-27-23(30)26(13-10-19-7-4-3-5-8-19)22(24-27)16-21-9-6-14-31-21/h3-9,14,20H,2,10-13,15-18H2,1H3. The number of rotatable bonds is 10. The van der Waals surface area contributed by atoms with Crippen LogP contribution in [0.25, 0.3) is 0 Å². The third-order valence-corrected chi connectivity index (χ3v) is 8.99. The molecule has 4 rings (SSSR count). The summed E-state index contributed by atoms with van der Waals surface area (Å²) in [5, 5.41) is 7.00. The van der Waals surface area contributed by atoms with Crippen molar-refractivity contribution in [2.45, 2.75) is 51.9 Å². The van der Waals surface area contributed by atoms with E-state index in [0.29, 0.717) is 17.9 Å². The van der Waals surface area contributed by atoms with Crippen LogP contribution in [0.1, 0.15) is 36.0 Å². The fraction of sp³-hybridized carbons (Fsp3) is 0.478. The van der Waals surface area contributed by atoms with E-state index in [1.54, 1.807) is 11.3 Å². The summed E-state index contributed by atoms with van der Waals surface area (Å²) < 4.78 is 28.9. The van der Waals surface area contributed by atoms with Gasteiger partial charge in [-0.15, -0.1) is 11.3 Å². The van der Waals surface area contributed by atoms with Crippen LogP contribution in [-0.2, 0) is 35.9 Å². The molecule has 1 atom stereocenters. The van der Waals surface area contributed by atoms with Crippen molar-refractivity contribution in [3.8, 4) is 0 Å². The molecule has 6 nitrogen and oxygen atoms in total. The molecule has 1 aliphatic heterocycles. The van der Waals surface area contributed by atoms with Gasteiger partial charge in [0.1, 0.15) is 5.82 Å². The SMILES string of the molecule is CCCN(Cn1nc(Cc2cccs2)n(CCc2ccccc2)c1=S)C1CCS(=O)(=O)C1. The Bertz CT molecular complexity index is 1170. The van der Waals surface area contributed by atoms with Crippen LogP contribution < -0.4 is 0 Å². The van der Waals surface area contributed by atoms with E-state index in [1.165, 1.54) is 10.4 Å². The van der Waals surface area contributed by atoms with Crippen LogP contribution in [0.5, 0.6) is 0 Å². The number of aryl methyl sites for hydroxylation is 1. The van der Waals surface area contributed by atoms with Crippen LogP contribution in [-0.4, -0.2) is 51.8 Å². The van der Waals surface area contributed by atoms with Gasteiger partial charge in [0.05, 0.1) is 18.2 Å². The maximum Gasteiger partial charge on any atom is 0.199 e. The van der Waals surface area contributed by atoms with Gasteiger partial charge in [-0.3, -0.25) is 4.90 Å². The zero-order chi connectivity index (χ0) is 22.6. The second-order valence-corrected chi connectivity index (χ2v) is 12.0. The monoisotopic (exact) mass is 490 g/mol. The van der Waals surface area contributed by atoms with Crippen LogP contribution in [0.15, 0.2) is 47.8 Å². The van der Waals surface area contributed by atoms with E-state index >= 15 is 0 Å². The molecule has 0 aliphatic carbocycles. The van der Waals surface area contributed by atoms with Gasteiger partial charge in [-0.25, -0.2) is 13.1 Å². The number of aromatic nitrogens is 3. The molecule has 0 bridgehead atoms. The van der Waals surface area contributed by atoms with E-state index in [1.807, 2.05) is 10.7 Å². The predicted octanol–water partition coefficient (Wildman–Crippen LogP) is 4.17. The van der Waals surface area contributed by atoms with E-state index in [9.17, 15) is 8.42 Å². The minimum atomic E-state index is -2.94. The van der Waals surface area contributed by atoms with Crippen LogP contribution in [0.2, 0.25) is 0 Å². The Kier molecular flexibility index (Phi) is 7.60. The first-order valence-electron chi connectivity index (χ1n) is 11.1. The van der Waals surface area contributed by atoms with Crippen LogP contribution in [0.3, 0.4) is 0 Å². The van der Waals surface area contributed by atoms with Crippen LogP contribution >= 0.6 is 23.6 Å². The number of sulfone groups is 1. The zero-order valence-corrected chi connectivity index (χ0v) is 20.8. The second kappa shape index (κ2) is 10.4. The van der Waals surface area contributed by atoms with E-state index in [2.05, 4.69) is 58.2 Å². The molecule has 172 valence electrons. The summed E-state index contributed by atoms with van der Waals surface area (Å²) >= 11 is 7.59. The summed E-state index contributed by atoms with van der Waals surface area (Å²) in [6.07, 6.45) is 3.28. The molecule has 1 saturated heterocycles. The van der Waals surface area contributed by atoms with E-state index in [4.69, 9.17) is 17.3 Å². The van der Waals surface area contributed by atoms with Crippen molar-refractivity contribution in [2.24, 2.45) is 0 Å². The molecule has 0 N–H and O–H groups in total. The highest BCUT2D eigenvalue weighted by atomic mass is 32.2. The molecule has 0 saturated carbocycles. The number of hydrogen-bond acceptors (Lipinski definition) is 6. The number of nitrogens with zero attached hydrogens (tertiary/aromatic N) is 4. The molecule has 1 fully saturated rings. The van der Waals surface area contributed by atoms with Gasteiger partial charge in [-0.2, -0.15) is 5.10 Å². The summed E-state index contributed by atoms with van der Waals surface area (Å²) in [7, 11) is -2.94. The maximum atomic E-state index is 12.1. The summed E-state index contributed by atoms with van der Waals surface area (Å²) in [6.45, 7) is 4.26. The minimum Gasteiger partial charge on any atom is -0.303 e. The largest absolute Gasteiger partial charge is 0.303 e. The predicted molar refractivity (Wildman–Crippen MR) is 132 cm³/mol. The quantitative estimate of drug-likeness (QED) is 0.399. The Morgan fingerprint density at radius 2 is 2.03 bits per heavy atom. The van der Waals surface area contributed by atoms with E-state index < -0.39 is 9.84 Å².